The molecule has 1 amide bonds. The molecule has 1 fully saturated rings. The summed E-state index contributed by atoms with van der Waals surface area (Å²) in [6, 6.07) is 16.6. The third-order valence-electron chi connectivity index (χ3n) is 6.08. The molecule has 9 heteroatoms. The molecular formula is C25H31NO8. The summed E-state index contributed by atoms with van der Waals surface area (Å²) in [5.74, 6) is -2.70. The lowest BCUT2D eigenvalue weighted by Crippen LogP contribution is -2.64. The average Bonchev–Trinajstić information content (AvgIpc) is 2.84. The van der Waals surface area contributed by atoms with Crippen molar-refractivity contribution in [2.75, 3.05) is 6.61 Å². The number of carboxylic acid groups (broad SMARTS) is 1. The van der Waals surface area contributed by atoms with Gasteiger partial charge < -0.3 is 35.6 Å². The van der Waals surface area contributed by atoms with Crippen LogP contribution in [0.5, 0.6) is 0 Å². The molecule has 0 saturated carbocycles. The first-order valence-electron chi connectivity index (χ1n) is 11.3. The standard InChI is InChI=1S/C25H31NO8/c27-14-19-22(30)23(31)21(25(33)34-19)26-24(32)18(13-20(28)29)8-4-5-15-9-11-17(12-10-15)16-6-2-1-3-7-16/h1-3,6-7,9-12,18-19,21-23,25,27,30-31,33H,4-5,8,13-14H2,(H,26,32)(H,28,29). The molecule has 0 spiro atoms. The molecule has 9 nitrogen and oxygen atoms in total. The van der Waals surface area contributed by atoms with Crippen LogP contribution in [0, 0.1) is 5.92 Å². The first-order valence-corrected chi connectivity index (χ1v) is 11.3. The summed E-state index contributed by atoms with van der Waals surface area (Å²) < 4.78 is 5.04. The third kappa shape index (κ3) is 6.62. The summed E-state index contributed by atoms with van der Waals surface area (Å²) in [6.45, 7) is -0.621. The largest absolute Gasteiger partial charge is 0.481 e. The molecular weight excluding hydrogens is 442 g/mol. The van der Waals surface area contributed by atoms with E-state index in [-0.39, 0.29) is 6.42 Å². The van der Waals surface area contributed by atoms with Crippen molar-refractivity contribution >= 4 is 11.9 Å². The van der Waals surface area contributed by atoms with Crippen molar-refractivity contribution in [2.45, 2.75) is 56.3 Å². The minimum Gasteiger partial charge on any atom is -0.481 e. The number of aliphatic hydroxyl groups excluding tert-OH is 4. The fraction of sp³-hybridized carbons (Fsp3) is 0.440. The van der Waals surface area contributed by atoms with Crippen LogP contribution in [0.1, 0.15) is 24.8 Å². The number of benzene rings is 2. The molecule has 6 unspecified atom stereocenters. The molecule has 2 aromatic carbocycles. The minimum absolute atomic E-state index is 0.278. The number of carboxylic acids is 1. The van der Waals surface area contributed by atoms with Gasteiger partial charge in [0.25, 0.3) is 0 Å². The second kappa shape index (κ2) is 12.0. The van der Waals surface area contributed by atoms with Crippen LogP contribution in [-0.2, 0) is 20.7 Å². The quantitative estimate of drug-likeness (QED) is 0.294. The van der Waals surface area contributed by atoms with Crippen LogP contribution in [0.25, 0.3) is 11.1 Å². The molecule has 6 atom stereocenters. The van der Waals surface area contributed by atoms with Crippen LogP contribution in [-0.4, -0.2) is 74.7 Å². The maximum absolute atomic E-state index is 12.8. The molecule has 0 radical (unpaired) electrons. The summed E-state index contributed by atoms with van der Waals surface area (Å²) >= 11 is 0. The summed E-state index contributed by atoms with van der Waals surface area (Å²) in [6.07, 6.45) is -4.89. The summed E-state index contributed by atoms with van der Waals surface area (Å²) in [5.41, 5.74) is 3.25. The number of ether oxygens (including phenoxy) is 1. The maximum atomic E-state index is 12.8. The summed E-state index contributed by atoms with van der Waals surface area (Å²) in [4.78, 5) is 24.1. The lowest BCUT2D eigenvalue weighted by Gasteiger charge is -2.40. The van der Waals surface area contributed by atoms with Gasteiger partial charge in [0.2, 0.25) is 5.91 Å². The fourth-order valence-electron chi connectivity index (χ4n) is 4.12. The van der Waals surface area contributed by atoms with E-state index in [1.165, 1.54) is 0 Å². The van der Waals surface area contributed by atoms with Crippen LogP contribution in [0.2, 0.25) is 0 Å². The van der Waals surface area contributed by atoms with Crippen LogP contribution in [0.15, 0.2) is 54.6 Å². The van der Waals surface area contributed by atoms with Crippen molar-refractivity contribution in [1.29, 1.82) is 0 Å². The number of aliphatic hydroxyl groups is 4. The van der Waals surface area contributed by atoms with Gasteiger partial charge in [-0.2, -0.15) is 0 Å². The second-order valence-corrected chi connectivity index (χ2v) is 8.51. The Balaban J connectivity index is 1.57. The first kappa shape index (κ1) is 25.8. The second-order valence-electron chi connectivity index (χ2n) is 8.51. The van der Waals surface area contributed by atoms with E-state index < -0.39 is 61.5 Å². The Labute approximate surface area is 197 Å². The Kier molecular flexibility index (Phi) is 9.14. The van der Waals surface area contributed by atoms with E-state index in [0.29, 0.717) is 12.8 Å². The van der Waals surface area contributed by atoms with E-state index in [1.807, 2.05) is 54.6 Å². The molecule has 34 heavy (non-hydrogen) atoms. The molecule has 184 valence electrons. The normalized spacial score (nSPS) is 25.5. The predicted octanol–water partition coefficient (Wildman–Crippen LogP) is 0.683. The van der Waals surface area contributed by atoms with Crippen molar-refractivity contribution in [3.63, 3.8) is 0 Å². The van der Waals surface area contributed by atoms with Crippen molar-refractivity contribution in [1.82, 2.24) is 5.32 Å². The number of aliphatic carboxylic acids is 1. The van der Waals surface area contributed by atoms with Gasteiger partial charge in [0.05, 0.1) is 13.0 Å². The smallest absolute Gasteiger partial charge is 0.304 e. The Morgan fingerprint density at radius 3 is 2.21 bits per heavy atom. The van der Waals surface area contributed by atoms with Gasteiger partial charge >= 0.3 is 5.97 Å². The van der Waals surface area contributed by atoms with Crippen molar-refractivity contribution in [3.05, 3.63) is 60.2 Å². The molecule has 1 aliphatic rings. The number of hydrogen-bond acceptors (Lipinski definition) is 7. The maximum Gasteiger partial charge on any atom is 0.304 e. The zero-order chi connectivity index (χ0) is 24.7. The van der Waals surface area contributed by atoms with Crippen LogP contribution < -0.4 is 5.32 Å². The number of nitrogens with one attached hydrogen (secondary N) is 1. The highest BCUT2D eigenvalue weighted by atomic mass is 16.6. The average molecular weight is 474 g/mol. The van der Waals surface area contributed by atoms with Crippen molar-refractivity contribution in [3.8, 4) is 11.1 Å². The van der Waals surface area contributed by atoms with Crippen LogP contribution >= 0.6 is 0 Å². The van der Waals surface area contributed by atoms with Gasteiger partial charge in [0, 0.05) is 5.92 Å². The van der Waals surface area contributed by atoms with E-state index in [1.54, 1.807) is 0 Å². The minimum atomic E-state index is -1.66. The van der Waals surface area contributed by atoms with Gasteiger partial charge in [0.1, 0.15) is 24.4 Å². The summed E-state index contributed by atoms with van der Waals surface area (Å²) in [5, 5.41) is 51.1. The SMILES string of the molecule is O=C(O)CC(CCCc1ccc(-c2ccccc2)cc1)C(=O)NC1C(O)OC(CO)C(O)C1O. The van der Waals surface area contributed by atoms with Gasteiger partial charge in [0.15, 0.2) is 6.29 Å². The van der Waals surface area contributed by atoms with E-state index in [4.69, 9.17) is 9.84 Å². The molecule has 1 aliphatic heterocycles. The highest BCUT2D eigenvalue weighted by molar-refractivity contribution is 5.83. The highest BCUT2D eigenvalue weighted by Crippen LogP contribution is 2.23. The lowest BCUT2D eigenvalue weighted by atomic mass is 9.93. The molecule has 6 N–H and O–H groups in total. The molecule has 3 rings (SSSR count). The Hall–Kier alpha value is -2.82. The van der Waals surface area contributed by atoms with E-state index in [2.05, 4.69) is 5.32 Å². The van der Waals surface area contributed by atoms with E-state index in [9.17, 15) is 30.0 Å². The van der Waals surface area contributed by atoms with Crippen molar-refractivity contribution in [2.24, 2.45) is 5.92 Å². The Bertz CT molecular complexity index is 936. The number of amides is 1. The van der Waals surface area contributed by atoms with E-state index in [0.717, 1.165) is 16.7 Å². The number of hydrogen-bond donors (Lipinski definition) is 6. The van der Waals surface area contributed by atoms with Gasteiger partial charge in [-0.25, -0.2) is 0 Å². The summed E-state index contributed by atoms with van der Waals surface area (Å²) in [7, 11) is 0. The predicted molar refractivity (Wildman–Crippen MR) is 122 cm³/mol. The number of carbonyl (C=O) groups is 2. The fourth-order valence-corrected chi connectivity index (χ4v) is 4.12. The lowest BCUT2D eigenvalue weighted by molar-refractivity contribution is -0.254. The topological polar surface area (TPSA) is 157 Å². The Morgan fingerprint density at radius 1 is 0.941 bits per heavy atom. The van der Waals surface area contributed by atoms with Crippen LogP contribution in [0.3, 0.4) is 0 Å². The molecule has 0 aromatic heterocycles. The van der Waals surface area contributed by atoms with E-state index >= 15 is 0 Å². The van der Waals surface area contributed by atoms with Gasteiger partial charge in [-0.3, -0.25) is 9.59 Å². The number of aryl methyl sites for hydroxylation is 1. The zero-order valence-electron chi connectivity index (χ0n) is 18.7. The third-order valence-corrected chi connectivity index (χ3v) is 6.08. The van der Waals surface area contributed by atoms with Gasteiger partial charge in [-0.1, -0.05) is 54.6 Å². The van der Waals surface area contributed by atoms with Crippen molar-refractivity contribution < 1.29 is 39.9 Å². The van der Waals surface area contributed by atoms with Gasteiger partial charge in [-0.15, -0.1) is 0 Å². The molecule has 0 bridgehead atoms. The molecule has 2 aromatic rings. The molecule has 1 heterocycles. The zero-order valence-corrected chi connectivity index (χ0v) is 18.7. The number of carbonyl (C=O) groups excluding carboxylic acids is 1. The molecule has 0 aliphatic carbocycles. The molecule has 1 saturated heterocycles. The monoisotopic (exact) mass is 473 g/mol. The van der Waals surface area contributed by atoms with Crippen LogP contribution in [0.4, 0.5) is 0 Å². The number of rotatable bonds is 10. The van der Waals surface area contributed by atoms with Gasteiger partial charge in [-0.05, 0) is 36.0 Å². The highest BCUT2D eigenvalue weighted by Gasteiger charge is 2.44. The Morgan fingerprint density at radius 2 is 1.59 bits per heavy atom. The first-order chi connectivity index (χ1) is 16.3.